The Balaban J connectivity index is 2.34. The number of H-pyrrole nitrogens is 1. The third kappa shape index (κ3) is 4.14. The number of aromatic amines is 1. The van der Waals surface area contributed by atoms with E-state index >= 15 is 0 Å². The summed E-state index contributed by atoms with van der Waals surface area (Å²) in [5, 5.41) is 0. The number of nitrogens with one attached hydrogen (secondary N) is 1. The third-order valence-electron chi connectivity index (χ3n) is 2.47. The summed E-state index contributed by atoms with van der Waals surface area (Å²) in [6.07, 6.45) is 8.62. The van der Waals surface area contributed by atoms with E-state index in [9.17, 15) is 4.79 Å². The molecule has 4 nitrogen and oxygen atoms in total. The first kappa shape index (κ1) is 11.8. The van der Waals surface area contributed by atoms with E-state index in [0.717, 1.165) is 18.4 Å². The number of hydrogen-bond acceptors (Lipinski definition) is 3. The van der Waals surface area contributed by atoms with Gasteiger partial charge in [-0.2, -0.15) is 0 Å². The van der Waals surface area contributed by atoms with Crippen LogP contribution in [-0.2, 0) is 6.42 Å². The molecule has 1 aromatic heterocycles. The fourth-order valence-corrected chi connectivity index (χ4v) is 1.55. The van der Waals surface area contributed by atoms with Gasteiger partial charge in [-0.25, -0.2) is 9.78 Å². The highest BCUT2D eigenvalue weighted by Crippen LogP contribution is 2.10. The Kier molecular flexibility index (Phi) is 4.87. The number of nitrogen functional groups attached to an aromatic ring is 1. The molecule has 0 unspecified atom stereocenters. The van der Waals surface area contributed by atoms with E-state index in [1.165, 1.54) is 25.7 Å². The molecule has 0 atom stereocenters. The summed E-state index contributed by atoms with van der Waals surface area (Å²) in [6, 6.07) is 0. The predicted octanol–water partition coefficient (Wildman–Crippen LogP) is 1.86. The first-order chi connectivity index (χ1) is 7.24. The van der Waals surface area contributed by atoms with Crippen molar-refractivity contribution in [1.82, 2.24) is 9.97 Å². The molecule has 84 valence electrons. The predicted molar refractivity (Wildman–Crippen MR) is 61.7 cm³/mol. The normalized spacial score (nSPS) is 10.5. The maximum Gasteiger partial charge on any atom is 0.346 e. The topological polar surface area (TPSA) is 71.8 Å². The Morgan fingerprint density at radius 1 is 1.33 bits per heavy atom. The minimum absolute atomic E-state index is 0.373. The van der Waals surface area contributed by atoms with Crippen LogP contribution in [0.2, 0.25) is 0 Å². The van der Waals surface area contributed by atoms with Crippen molar-refractivity contribution >= 4 is 5.82 Å². The van der Waals surface area contributed by atoms with Gasteiger partial charge in [-0.05, 0) is 12.8 Å². The fraction of sp³-hybridized carbons (Fsp3) is 0.636. The molecule has 15 heavy (non-hydrogen) atoms. The summed E-state index contributed by atoms with van der Waals surface area (Å²) in [5.74, 6) is 0.463. The van der Waals surface area contributed by atoms with E-state index in [0.29, 0.717) is 5.82 Å². The van der Waals surface area contributed by atoms with Gasteiger partial charge in [-0.15, -0.1) is 0 Å². The van der Waals surface area contributed by atoms with Crippen LogP contribution in [0.1, 0.15) is 44.6 Å². The van der Waals surface area contributed by atoms with Crippen molar-refractivity contribution in [1.29, 1.82) is 0 Å². The second kappa shape index (κ2) is 6.22. The standard InChI is InChI=1S/C11H19N3O/c1-2-3-4-5-6-7-9-8-13-11(15)14-10(9)12/h8H,2-7H2,1H3,(H3,12,13,14,15). The van der Waals surface area contributed by atoms with Crippen molar-refractivity contribution in [3.05, 3.63) is 22.2 Å². The van der Waals surface area contributed by atoms with Gasteiger partial charge in [0.2, 0.25) is 0 Å². The number of nitrogens with zero attached hydrogens (tertiary/aromatic N) is 1. The SMILES string of the molecule is CCCCCCCc1cnc(=O)[nH]c1N. The molecule has 0 radical (unpaired) electrons. The number of unbranched alkanes of at least 4 members (excludes halogenated alkanes) is 4. The largest absolute Gasteiger partial charge is 0.385 e. The van der Waals surface area contributed by atoms with Crippen LogP contribution in [0.3, 0.4) is 0 Å². The molecule has 0 aliphatic heterocycles. The van der Waals surface area contributed by atoms with Gasteiger partial charge in [0.15, 0.2) is 0 Å². The molecule has 0 aliphatic rings. The number of nitrogens with two attached hydrogens (primary N) is 1. The molecule has 0 saturated heterocycles. The van der Waals surface area contributed by atoms with E-state index in [-0.39, 0.29) is 5.69 Å². The van der Waals surface area contributed by atoms with Crippen molar-refractivity contribution in [3.63, 3.8) is 0 Å². The minimum atomic E-state index is -0.373. The molecule has 1 heterocycles. The second-order valence-corrected chi connectivity index (χ2v) is 3.79. The third-order valence-corrected chi connectivity index (χ3v) is 2.47. The Morgan fingerprint density at radius 2 is 2.07 bits per heavy atom. The van der Waals surface area contributed by atoms with Crippen LogP contribution in [0.15, 0.2) is 11.0 Å². The lowest BCUT2D eigenvalue weighted by Gasteiger charge is -2.03. The monoisotopic (exact) mass is 209 g/mol. The molecule has 0 aliphatic carbocycles. The van der Waals surface area contributed by atoms with Gasteiger partial charge >= 0.3 is 5.69 Å². The average molecular weight is 209 g/mol. The molecule has 1 rings (SSSR count). The van der Waals surface area contributed by atoms with Crippen LogP contribution >= 0.6 is 0 Å². The van der Waals surface area contributed by atoms with Gasteiger partial charge in [-0.1, -0.05) is 32.6 Å². The van der Waals surface area contributed by atoms with Crippen LogP contribution in [0, 0.1) is 0 Å². The zero-order valence-electron chi connectivity index (χ0n) is 9.25. The van der Waals surface area contributed by atoms with Gasteiger partial charge in [0.05, 0.1) is 0 Å². The summed E-state index contributed by atoms with van der Waals surface area (Å²) in [6.45, 7) is 2.20. The van der Waals surface area contributed by atoms with E-state index in [2.05, 4.69) is 16.9 Å². The molecular weight excluding hydrogens is 190 g/mol. The van der Waals surface area contributed by atoms with Gasteiger partial charge in [-0.3, -0.25) is 4.98 Å². The molecule has 0 amide bonds. The van der Waals surface area contributed by atoms with Crippen molar-refractivity contribution in [2.45, 2.75) is 45.4 Å². The average Bonchev–Trinajstić information content (AvgIpc) is 2.20. The highest BCUT2D eigenvalue weighted by atomic mass is 16.1. The van der Waals surface area contributed by atoms with Gasteiger partial charge in [0, 0.05) is 11.8 Å². The first-order valence-electron chi connectivity index (χ1n) is 5.57. The van der Waals surface area contributed by atoms with E-state index in [1.54, 1.807) is 6.20 Å². The maximum absolute atomic E-state index is 10.8. The van der Waals surface area contributed by atoms with Crippen LogP contribution in [0.5, 0.6) is 0 Å². The second-order valence-electron chi connectivity index (χ2n) is 3.79. The molecule has 0 fully saturated rings. The number of anilines is 1. The first-order valence-corrected chi connectivity index (χ1v) is 5.57. The number of aromatic nitrogens is 2. The summed E-state index contributed by atoms with van der Waals surface area (Å²) >= 11 is 0. The summed E-state index contributed by atoms with van der Waals surface area (Å²) < 4.78 is 0. The molecule has 4 heteroatoms. The summed E-state index contributed by atoms with van der Waals surface area (Å²) in [5.41, 5.74) is 6.24. The van der Waals surface area contributed by atoms with E-state index in [1.807, 2.05) is 0 Å². The number of hydrogen-bond donors (Lipinski definition) is 2. The van der Waals surface area contributed by atoms with Crippen molar-refractivity contribution in [3.8, 4) is 0 Å². The van der Waals surface area contributed by atoms with Crippen molar-refractivity contribution < 1.29 is 0 Å². The smallest absolute Gasteiger partial charge is 0.346 e. The van der Waals surface area contributed by atoms with Crippen LogP contribution in [-0.4, -0.2) is 9.97 Å². The quantitative estimate of drug-likeness (QED) is 0.702. The molecule has 0 aromatic carbocycles. The minimum Gasteiger partial charge on any atom is -0.385 e. The van der Waals surface area contributed by atoms with Gasteiger partial charge in [0.25, 0.3) is 0 Å². The Labute approximate surface area is 89.9 Å². The van der Waals surface area contributed by atoms with Crippen LogP contribution < -0.4 is 11.4 Å². The fourth-order valence-electron chi connectivity index (χ4n) is 1.55. The summed E-state index contributed by atoms with van der Waals surface area (Å²) in [4.78, 5) is 17.0. The molecule has 3 N–H and O–H groups in total. The molecule has 0 spiro atoms. The molecular formula is C11H19N3O. The van der Waals surface area contributed by atoms with E-state index in [4.69, 9.17) is 5.73 Å². The van der Waals surface area contributed by atoms with Crippen molar-refractivity contribution in [2.24, 2.45) is 0 Å². The van der Waals surface area contributed by atoms with Gasteiger partial charge in [0.1, 0.15) is 5.82 Å². The van der Waals surface area contributed by atoms with Gasteiger partial charge < -0.3 is 5.73 Å². The van der Waals surface area contributed by atoms with Crippen molar-refractivity contribution in [2.75, 3.05) is 5.73 Å². The van der Waals surface area contributed by atoms with E-state index < -0.39 is 0 Å². The number of aryl methyl sites for hydroxylation is 1. The maximum atomic E-state index is 10.8. The van der Waals surface area contributed by atoms with Crippen LogP contribution in [0.4, 0.5) is 5.82 Å². The Bertz CT molecular complexity index is 346. The highest BCUT2D eigenvalue weighted by molar-refractivity contribution is 5.36. The Morgan fingerprint density at radius 3 is 2.73 bits per heavy atom. The van der Waals surface area contributed by atoms with Crippen LogP contribution in [0.25, 0.3) is 0 Å². The lowest BCUT2D eigenvalue weighted by Crippen LogP contribution is -2.13. The molecule has 0 bridgehead atoms. The lowest BCUT2D eigenvalue weighted by molar-refractivity contribution is 0.631. The highest BCUT2D eigenvalue weighted by Gasteiger charge is 2.00. The lowest BCUT2D eigenvalue weighted by atomic mass is 10.1. The summed E-state index contributed by atoms with van der Waals surface area (Å²) in [7, 11) is 0. The zero-order valence-corrected chi connectivity index (χ0v) is 9.25. The number of rotatable bonds is 6. The Hall–Kier alpha value is -1.32. The molecule has 1 aromatic rings. The zero-order chi connectivity index (χ0) is 11.1. The molecule has 0 saturated carbocycles.